The lowest BCUT2D eigenvalue weighted by Gasteiger charge is -2.26. The van der Waals surface area contributed by atoms with E-state index in [0.29, 0.717) is 30.1 Å². The second-order valence-corrected chi connectivity index (χ2v) is 10.5. The normalized spacial score (nSPS) is 18.3. The van der Waals surface area contributed by atoms with E-state index in [-0.39, 0.29) is 10.8 Å². The number of hydrogen-bond donors (Lipinski definition) is 1. The Labute approximate surface area is 176 Å². The first-order valence-electron chi connectivity index (χ1n) is 9.94. The van der Waals surface area contributed by atoms with Gasteiger partial charge in [-0.3, -0.25) is 0 Å². The van der Waals surface area contributed by atoms with Crippen LogP contribution in [0, 0.1) is 11.6 Å². The molecule has 1 N–H and O–H groups in total. The van der Waals surface area contributed by atoms with Gasteiger partial charge in [0.1, 0.15) is 17.5 Å². The minimum Gasteiger partial charge on any atom is -0.349 e. The molecule has 3 heterocycles. The lowest BCUT2D eigenvalue weighted by molar-refractivity contribution is 0.560. The Bertz CT molecular complexity index is 1090. The van der Waals surface area contributed by atoms with Gasteiger partial charge < -0.3 is 4.90 Å². The number of nitrogens with zero attached hydrogens (tertiary/aromatic N) is 4. The number of halogens is 2. The SMILES string of the molecule is CC(C)(C)S(=O)NCc1cnn2ccc(N3CCC[C@@H]3c3cc(F)ccc3F)nc12. The Hall–Kier alpha value is -2.39. The third-order valence-electron chi connectivity index (χ3n) is 5.24. The highest BCUT2D eigenvalue weighted by Crippen LogP contribution is 2.36. The summed E-state index contributed by atoms with van der Waals surface area (Å²) in [4.78, 5) is 6.77. The molecule has 30 heavy (non-hydrogen) atoms. The minimum absolute atomic E-state index is 0.270. The van der Waals surface area contributed by atoms with Crippen LogP contribution in [0.4, 0.5) is 14.6 Å². The number of hydrogen-bond acceptors (Lipinski definition) is 4. The summed E-state index contributed by atoms with van der Waals surface area (Å²) in [5, 5.41) is 4.32. The Morgan fingerprint density at radius 1 is 1.27 bits per heavy atom. The van der Waals surface area contributed by atoms with Crippen molar-refractivity contribution in [1.82, 2.24) is 19.3 Å². The second-order valence-electron chi connectivity index (χ2n) is 8.44. The summed E-state index contributed by atoms with van der Waals surface area (Å²) in [6, 6.07) is 5.14. The maximum Gasteiger partial charge on any atom is 0.161 e. The van der Waals surface area contributed by atoms with E-state index in [1.165, 1.54) is 12.1 Å². The lowest BCUT2D eigenvalue weighted by Crippen LogP contribution is -2.32. The number of fused-ring (bicyclic) bond motifs is 1. The molecule has 0 saturated carbocycles. The van der Waals surface area contributed by atoms with Crippen molar-refractivity contribution in [3.05, 3.63) is 59.4 Å². The van der Waals surface area contributed by atoms with Crippen molar-refractivity contribution >= 4 is 22.5 Å². The summed E-state index contributed by atoms with van der Waals surface area (Å²) in [6.07, 6.45) is 5.10. The lowest BCUT2D eigenvalue weighted by atomic mass is 10.0. The highest BCUT2D eigenvalue weighted by Gasteiger charge is 2.30. The molecule has 1 unspecified atom stereocenters. The zero-order chi connectivity index (χ0) is 21.5. The van der Waals surface area contributed by atoms with E-state index in [2.05, 4.69) is 9.82 Å². The molecule has 9 heteroatoms. The van der Waals surface area contributed by atoms with Crippen LogP contribution in [-0.4, -0.2) is 30.1 Å². The average Bonchev–Trinajstić information content (AvgIpc) is 3.33. The van der Waals surface area contributed by atoms with Crippen molar-refractivity contribution in [2.24, 2.45) is 0 Å². The summed E-state index contributed by atoms with van der Waals surface area (Å²) in [7, 11) is -1.21. The highest BCUT2D eigenvalue weighted by molar-refractivity contribution is 7.84. The monoisotopic (exact) mass is 433 g/mol. The van der Waals surface area contributed by atoms with Crippen LogP contribution in [0.25, 0.3) is 5.65 Å². The Balaban J connectivity index is 1.63. The quantitative estimate of drug-likeness (QED) is 0.663. The Morgan fingerprint density at radius 3 is 2.83 bits per heavy atom. The van der Waals surface area contributed by atoms with Crippen LogP contribution in [0.15, 0.2) is 36.7 Å². The van der Waals surface area contributed by atoms with Crippen molar-refractivity contribution < 1.29 is 13.0 Å². The van der Waals surface area contributed by atoms with Gasteiger partial charge in [0.25, 0.3) is 0 Å². The van der Waals surface area contributed by atoms with E-state index in [4.69, 9.17) is 4.98 Å². The van der Waals surface area contributed by atoms with Crippen LogP contribution in [-0.2, 0) is 17.5 Å². The zero-order valence-corrected chi connectivity index (χ0v) is 18.0. The van der Waals surface area contributed by atoms with Crippen LogP contribution in [0.5, 0.6) is 0 Å². The number of aromatic nitrogens is 3. The van der Waals surface area contributed by atoms with Gasteiger partial charge >= 0.3 is 0 Å². The summed E-state index contributed by atoms with van der Waals surface area (Å²) in [5.41, 5.74) is 1.82. The van der Waals surface area contributed by atoms with Crippen LogP contribution in [0.1, 0.15) is 50.8 Å². The summed E-state index contributed by atoms with van der Waals surface area (Å²) >= 11 is 0. The van der Waals surface area contributed by atoms with Gasteiger partial charge in [-0.2, -0.15) is 5.10 Å². The van der Waals surface area contributed by atoms with E-state index in [0.717, 1.165) is 24.5 Å². The molecule has 2 aromatic heterocycles. The Morgan fingerprint density at radius 2 is 2.07 bits per heavy atom. The van der Waals surface area contributed by atoms with Crippen LogP contribution in [0.2, 0.25) is 0 Å². The van der Waals surface area contributed by atoms with E-state index in [1.54, 1.807) is 16.9 Å². The van der Waals surface area contributed by atoms with E-state index in [9.17, 15) is 13.0 Å². The molecule has 6 nitrogen and oxygen atoms in total. The Kier molecular flexibility index (Phi) is 5.59. The van der Waals surface area contributed by atoms with Gasteiger partial charge in [-0.25, -0.2) is 27.2 Å². The molecule has 1 fully saturated rings. The van der Waals surface area contributed by atoms with Gasteiger partial charge in [-0.05, 0) is 57.9 Å². The van der Waals surface area contributed by atoms with Gasteiger partial charge in [-0.1, -0.05) is 0 Å². The first-order chi connectivity index (χ1) is 14.2. The smallest absolute Gasteiger partial charge is 0.161 e. The topological polar surface area (TPSA) is 62.5 Å². The average molecular weight is 434 g/mol. The molecule has 1 saturated heterocycles. The van der Waals surface area contributed by atoms with Gasteiger partial charge in [0.15, 0.2) is 5.65 Å². The van der Waals surface area contributed by atoms with Crippen molar-refractivity contribution in [3.63, 3.8) is 0 Å². The maximum atomic E-state index is 14.4. The fraction of sp³-hybridized carbons (Fsp3) is 0.429. The number of benzene rings is 1. The first kappa shape index (κ1) is 20.9. The summed E-state index contributed by atoms with van der Waals surface area (Å²) in [6.45, 7) is 6.79. The largest absolute Gasteiger partial charge is 0.349 e. The van der Waals surface area contributed by atoms with Gasteiger partial charge in [0.05, 0.1) is 28.0 Å². The fourth-order valence-electron chi connectivity index (χ4n) is 3.69. The van der Waals surface area contributed by atoms with Crippen LogP contribution in [0.3, 0.4) is 0 Å². The van der Waals surface area contributed by atoms with Gasteiger partial charge in [0.2, 0.25) is 0 Å². The van der Waals surface area contributed by atoms with Crippen molar-refractivity contribution in [2.45, 2.75) is 50.9 Å². The van der Waals surface area contributed by atoms with E-state index < -0.39 is 22.6 Å². The van der Waals surface area contributed by atoms with E-state index >= 15 is 0 Å². The molecule has 0 bridgehead atoms. The molecule has 4 rings (SSSR count). The standard InChI is InChI=1S/C21H25F2N5OS/c1-21(2,3)30(29)25-13-14-12-24-28-10-8-19(26-20(14)28)27-9-4-5-18(27)16-11-15(22)6-7-17(16)23/h6-8,10-12,18,25H,4-5,9,13H2,1-3H3/t18-,30?/m1/s1. The molecule has 1 aliphatic rings. The molecule has 1 aromatic carbocycles. The van der Waals surface area contributed by atoms with Gasteiger partial charge in [-0.15, -0.1) is 0 Å². The molecule has 2 atom stereocenters. The highest BCUT2D eigenvalue weighted by atomic mass is 32.2. The number of rotatable bonds is 5. The predicted octanol–water partition coefficient (Wildman–Crippen LogP) is 3.90. The van der Waals surface area contributed by atoms with Gasteiger partial charge in [0, 0.05) is 30.4 Å². The molecule has 0 amide bonds. The molecule has 0 aliphatic carbocycles. The molecule has 3 aromatic rings. The maximum absolute atomic E-state index is 14.4. The van der Waals surface area contributed by atoms with Crippen LogP contribution < -0.4 is 9.62 Å². The summed E-state index contributed by atoms with van der Waals surface area (Å²) in [5.74, 6) is -0.168. The molecule has 1 aliphatic heterocycles. The second kappa shape index (κ2) is 8.03. The number of anilines is 1. The van der Waals surface area contributed by atoms with E-state index in [1.807, 2.05) is 31.7 Å². The summed E-state index contributed by atoms with van der Waals surface area (Å²) < 4.78 is 44.7. The molecule has 160 valence electrons. The fourth-order valence-corrected chi connectivity index (χ4v) is 4.40. The zero-order valence-electron chi connectivity index (χ0n) is 17.2. The number of nitrogens with one attached hydrogen (secondary N) is 1. The predicted molar refractivity (Wildman–Crippen MR) is 113 cm³/mol. The van der Waals surface area contributed by atoms with Crippen molar-refractivity contribution in [2.75, 3.05) is 11.4 Å². The minimum atomic E-state index is -1.21. The third kappa shape index (κ3) is 4.09. The molecular weight excluding hydrogens is 408 g/mol. The van der Waals surface area contributed by atoms with Crippen molar-refractivity contribution in [1.29, 1.82) is 0 Å². The van der Waals surface area contributed by atoms with Crippen molar-refractivity contribution in [3.8, 4) is 0 Å². The molecular formula is C21H25F2N5OS. The third-order valence-corrected chi connectivity index (χ3v) is 6.76. The van der Waals surface area contributed by atoms with Crippen LogP contribution >= 0.6 is 0 Å². The molecule has 0 radical (unpaired) electrons. The molecule has 0 spiro atoms. The first-order valence-corrected chi connectivity index (χ1v) is 11.1.